The van der Waals surface area contributed by atoms with Crippen molar-refractivity contribution in [3.05, 3.63) is 47.5 Å². The van der Waals surface area contributed by atoms with Crippen LogP contribution in [0.5, 0.6) is 0 Å². The minimum atomic E-state index is -4.40. The molecule has 5 heterocycles. The smallest absolute Gasteiger partial charge is 0.355 e. The molecule has 6 nitrogen and oxygen atoms in total. The highest BCUT2D eigenvalue weighted by atomic mass is 32.1. The average Bonchev–Trinajstić information content (AvgIpc) is 3.33. The fourth-order valence-corrected chi connectivity index (χ4v) is 4.49. The third-order valence-electron chi connectivity index (χ3n) is 5.08. The highest BCUT2D eigenvalue weighted by Crippen LogP contribution is 2.34. The van der Waals surface area contributed by atoms with Crippen LogP contribution < -0.4 is 4.90 Å². The van der Waals surface area contributed by atoms with Gasteiger partial charge in [0.25, 0.3) is 0 Å². The largest absolute Gasteiger partial charge is 0.417 e. The standard InChI is InChI=1S/C18H15F3N6S/c19-18(20,21)12-3-4-14-24-25-15(27(14)9-12)11-2-1-6-26(8-11)16-13-5-7-28-17(13)23-10-22-16/h3-5,7,9-11H,1-2,6,8H2/t11-/m1/s1. The second-order valence-corrected chi connectivity index (χ2v) is 7.72. The van der Waals surface area contributed by atoms with Gasteiger partial charge in [-0.1, -0.05) is 0 Å². The molecule has 0 bridgehead atoms. The van der Waals surface area contributed by atoms with E-state index in [1.807, 2.05) is 11.4 Å². The van der Waals surface area contributed by atoms with Crippen LogP contribution in [0.3, 0.4) is 0 Å². The normalized spacial score (nSPS) is 18.2. The first-order valence-electron chi connectivity index (χ1n) is 8.86. The number of thiophene rings is 1. The maximum atomic E-state index is 13.1. The van der Waals surface area contributed by atoms with Crippen LogP contribution in [-0.4, -0.2) is 37.7 Å². The number of piperidine rings is 1. The monoisotopic (exact) mass is 404 g/mol. The molecule has 1 atom stereocenters. The molecular formula is C18H15F3N6S. The van der Waals surface area contributed by atoms with E-state index in [9.17, 15) is 13.2 Å². The number of anilines is 1. The first-order valence-corrected chi connectivity index (χ1v) is 9.74. The maximum absolute atomic E-state index is 13.1. The fraction of sp³-hybridized carbons (Fsp3) is 0.333. The molecule has 0 amide bonds. The lowest BCUT2D eigenvalue weighted by atomic mass is 9.97. The molecule has 5 rings (SSSR count). The van der Waals surface area contributed by atoms with Crippen molar-refractivity contribution in [3.8, 4) is 0 Å². The predicted octanol–water partition coefficient (Wildman–Crippen LogP) is 4.14. The molecule has 0 radical (unpaired) electrons. The van der Waals surface area contributed by atoms with E-state index in [1.54, 1.807) is 17.7 Å². The van der Waals surface area contributed by atoms with Crippen molar-refractivity contribution in [2.75, 3.05) is 18.0 Å². The number of nitrogens with zero attached hydrogens (tertiary/aromatic N) is 6. The van der Waals surface area contributed by atoms with Crippen molar-refractivity contribution in [2.45, 2.75) is 24.9 Å². The van der Waals surface area contributed by atoms with Gasteiger partial charge in [0.05, 0.1) is 10.9 Å². The quantitative estimate of drug-likeness (QED) is 0.503. The van der Waals surface area contributed by atoms with Gasteiger partial charge >= 0.3 is 6.18 Å². The van der Waals surface area contributed by atoms with Crippen LogP contribution in [0, 0.1) is 0 Å². The summed E-state index contributed by atoms with van der Waals surface area (Å²) < 4.78 is 40.8. The third kappa shape index (κ3) is 2.88. The molecule has 0 saturated carbocycles. The molecule has 0 spiro atoms. The number of hydrogen-bond acceptors (Lipinski definition) is 6. The van der Waals surface area contributed by atoms with E-state index >= 15 is 0 Å². The summed E-state index contributed by atoms with van der Waals surface area (Å²) in [4.78, 5) is 11.8. The molecule has 1 aliphatic heterocycles. The predicted molar refractivity (Wildman–Crippen MR) is 99.6 cm³/mol. The molecule has 10 heteroatoms. The van der Waals surface area contributed by atoms with Crippen molar-refractivity contribution in [1.82, 2.24) is 24.6 Å². The van der Waals surface area contributed by atoms with E-state index in [0.717, 1.165) is 47.7 Å². The summed E-state index contributed by atoms with van der Waals surface area (Å²) in [5.74, 6) is 1.39. The van der Waals surface area contributed by atoms with Crippen LogP contribution in [-0.2, 0) is 6.18 Å². The van der Waals surface area contributed by atoms with Crippen LogP contribution in [0.15, 0.2) is 36.1 Å². The van der Waals surface area contributed by atoms with E-state index in [1.165, 1.54) is 10.5 Å². The summed E-state index contributed by atoms with van der Waals surface area (Å²) in [7, 11) is 0. The molecule has 1 fully saturated rings. The van der Waals surface area contributed by atoms with E-state index < -0.39 is 11.7 Å². The second kappa shape index (κ2) is 6.40. The summed E-state index contributed by atoms with van der Waals surface area (Å²) in [5, 5.41) is 11.3. The number of pyridine rings is 1. The third-order valence-corrected chi connectivity index (χ3v) is 5.90. The molecule has 4 aromatic rings. The van der Waals surface area contributed by atoms with Crippen LogP contribution in [0.1, 0.15) is 30.1 Å². The van der Waals surface area contributed by atoms with E-state index in [-0.39, 0.29) is 5.92 Å². The highest BCUT2D eigenvalue weighted by molar-refractivity contribution is 7.16. The molecule has 0 N–H and O–H groups in total. The Kier molecular flexibility index (Phi) is 3.97. The van der Waals surface area contributed by atoms with Gasteiger partial charge in [-0.15, -0.1) is 21.5 Å². The molecule has 1 saturated heterocycles. The van der Waals surface area contributed by atoms with Gasteiger partial charge in [0.15, 0.2) is 5.65 Å². The van der Waals surface area contributed by atoms with Crippen molar-refractivity contribution in [1.29, 1.82) is 0 Å². The summed E-state index contributed by atoms with van der Waals surface area (Å²) in [6, 6.07) is 4.40. The van der Waals surface area contributed by atoms with Crippen molar-refractivity contribution in [2.24, 2.45) is 0 Å². The van der Waals surface area contributed by atoms with Crippen LogP contribution in [0.2, 0.25) is 0 Å². The van der Waals surface area contributed by atoms with Gasteiger partial charge in [0, 0.05) is 25.2 Å². The van der Waals surface area contributed by atoms with Gasteiger partial charge in [-0.05, 0) is 36.4 Å². The van der Waals surface area contributed by atoms with Gasteiger partial charge < -0.3 is 4.90 Å². The first-order chi connectivity index (χ1) is 13.5. The zero-order valence-corrected chi connectivity index (χ0v) is 15.4. The van der Waals surface area contributed by atoms with Crippen LogP contribution in [0.4, 0.5) is 19.0 Å². The van der Waals surface area contributed by atoms with Gasteiger partial charge in [0.1, 0.15) is 22.8 Å². The molecule has 0 unspecified atom stereocenters. The summed E-state index contributed by atoms with van der Waals surface area (Å²) in [5.41, 5.74) is -0.285. The molecule has 28 heavy (non-hydrogen) atoms. The number of hydrogen-bond donors (Lipinski definition) is 0. The lowest BCUT2D eigenvalue weighted by Crippen LogP contribution is -2.35. The lowest BCUT2D eigenvalue weighted by molar-refractivity contribution is -0.137. The minimum absolute atomic E-state index is 0.0316. The Hall–Kier alpha value is -2.75. The Morgan fingerprint density at radius 1 is 1.11 bits per heavy atom. The van der Waals surface area contributed by atoms with Crippen molar-refractivity contribution >= 4 is 33.0 Å². The number of halogens is 3. The second-order valence-electron chi connectivity index (χ2n) is 6.82. The topological polar surface area (TPSA) is 59.2 Å². The Morgan fingerprint density at radius 2 is 2.00 bits per heavy atom. The fourth-order valence-electron chi connectivity index (χ4n) is 3.76. The van der Waals surface area contributed by atoms with Crippen molar-refractivity contribution < 1.29 is 13.2 Å². The number of aromatic nitrogens is 5. The van der Waals surface area contributed by atoms with E-state index in [2.05, 4.69) is 25.1 Å². The van der Waals surface area contributed by atoms with Crippen LogP contribution in [0.25, 0.3) is 15.9 Å². The summed E-state index contributed by atoms with van der Waals surface area (Å²) in [6.45, 7) is 1.46. The van der Waals surface area contributed by atoms with Gasteiger partial charge in [-0.2, -0.15) is 13.2 Å². The Bertz CT molecular complexity index is 1150. The molecule has 1 aliphatic rings. The SMILES string of the molecule is FC(F)(F)c1ccc2nnc([C@@H]3CCCN(c4ncnc5sccc45)C3)n2c1. The minimum Gasteiger partial charge on any atom is -0.355 e. The summed E-state index contributed by atoms with van der Waals surface area (Å²) in [6.07, 6.45) is -0.0232. The van der Waals surface area contributed by atoms with Crippen molar-refractivity contribution in [3.63, 3.8) is 0 Å². The number of fused-ring (bicyclic) bond motifs is 2. The van der Waals surface area contributed by atoms with Gasteiger partial charge in [0.2, 0.25) is 0 Å². The van der Waals surface area contributed by atoms with Gasteiger partial charge in [-0.25, -0.2) is 9.97 Å². The Morgan fingerprint density at radius 3 is 2.86 bits per heavy atom. The zero-order chi connectivity index (χ0) is 19.3. The summed E-state index contributed by atoms with van der Waals surface area (Å²) >= 11 is 1.56. The number of rotatable bonds is 2. The highest BCUT2D eigenvalue weighted by Gasteiger charge is 2.32. The Labute approximate surface area is 161 Å². The zero-order valence-electron chi connectivity index (χ0n) is 14.6. The Balaban J connectivity index is 1.51. The van der Waals surface area contributed by atoms with E-state index in [4.69, 9.17) is 0 Å². The lowest BCUT2D eigenvalue weighted by Gasteiger charge is -2.33. The molecule has 0 aliphatic carbocycles. The number of alkyl halides is 3. The van der Waals surface area contributed by atoms with Crippen LogP contribution >= 0.6 is 11.3 Å². The maximum Gasteiger partial charge on any atom is 0.417 e. The molecule has 144 valence electrons. The molecule has 4 aromatic heterocycles. The molecular weight excluding hydrogens is 389 g/mol. The first kappa shape index (κ1) is 17.4. The molecule has 0 aromatic carbocycles. The van der Waals surface area contributed by atoms with E-state index in [0.29, 0.717) is 18.0 Å². The average molecular weight is 404 g/mol. The van der Waals surface area contributed by atoms with Gasteiger partial charge in [-0.3, -0.25) is 4.40 Å².